The van der Waals surface area contributed by atoms with Gasteiger partial charge in [0.05, 0.1) is 11.6 Å². The summed E-state index contributed by atoms with van der Waals surface area (Å²) < 4.78 is 0. The molecule has 0 bridgehead atoms. The minimum atomic E-state index is 0.230. The summed E-state index contributed by atoms with van der Waals surface area (Å²) in [6, 6.07) is 9.91. The lowest BCUT2D eigenvalue weighted by Gasteiger charge is -2.07. The summed E-state index contributed by atoms with van der Waals surface area (Å²) in [5.41, 5.74) is 7.72. The Balaban J connectivity index is 2.65. The first-order valence-corrected chi connectivity index (χ1v) is 4.51. The monoisotopic (exact) mass is 174 g/mol. The van der Waals surface area contributed by atoms with Gasteiger partial charge in [0.2, 0.25) is 0 Å². The molecule has 0 aliphatic carbocycles. The third-order valence-corrected chi connectivity index (χ3v) is 2.11. The first kappa shape index (κ1) is 9.76. The van der Waals surface area contributed by atoms with Crippen molar-refractivity contribution >= 4 is 0 Å². The molecule has 2 nitrogen and oxygen atoms in total. The van der Waals surface area contributed by atoms with Crippen LogP contribution in [0.15, 0.2) is 24.3 Å². The Morgan fingerprint density at radius 3 is 2.46 bits per heavy atom. The Morgan fingerprint density at radius 1 is 1.38 bits per heavy atom. The Kier molecular flexibility index (Phi) is 3.48. The van der Waals surface area contributed by atoms with Crippen molar-refractivity contribution in [3.05, 3.63) is 35.4 Å². The molecular weight excluding hydrogens is 160 g/mol. The van der Waals surface area contributed by atoms with Gasteiger partial charge in [0.15, 0.2) is 0 Å². The highest BCUT2D eigenvalue weighted by atomic mass is 14.6. The van der Waals surface area contributed by atoms with E-state index in [0.717, 1.165) is 12.8 Å². The first-order chi connectivity index (χ1) is 6.26. The van der Waals surface area contributed by atoms with Gasteiger partial charge < -0.3 is 5.73 Å². The molecule has 1 aromatic carbocycles. The van der Waals surface area contributed by atoms with E-state index in [1.54, 1.807) is 0 Å². The first-order valence-electron chi connectivity index (χ1n) is 4.51. The van der Waals surface area contributed by atoms with Crippen molar-refractivity contribution in [1.82, 2.24) is 0 Å². The van der Waals surface area contributed by atoms with Crippen LogP contribution in [0, 0.1) is 11.3 Å². The molecule has 0 fully saturated rings. The van der Waals surface area contributed by atoms with Crippen LogP contribution < -0.4 is 5.73 Å². The molecule has 0 amide bonds. The molecule has 0 saturated carbocycles. The van der Waals surface area contributed by atoms with Crippen LogP contribution in [0.3, 0.4) is 0 Å². The van der Waals surface area contributed by atoms with E-state index in [0.29, 0.717) is 5.56 Å². The van der Waals surface area contributed by atoms with E-state index in [4.69, 9.17) is 11.0 Å². The van der Waals surface area contributed by atoms with Gasteiger partial charge in [-0.05, 0) is 30.5 Å². The zero-order valence-electron chi connectivity index (χ0n) is 7.83. The van der Waals surface area contributed by atoms with Gasteiger partial charge in [0.25, 0.3) is 0 Å². The van der Waals surface area contributed by atoms with Crippen molar-refractivity contribution in [3.63, 3.8) is 0 Å². The van der Waals surface area contributed by atoms with Crippen molar-refractivity contribution in [1.29, 1.82) is 5.26 Å². The van der Waals surface area contributed by atoms with Gasteiger partial charge in [-0.25, -0.2) is 0 Å². The molecular formula is C11H14N2. The number of nitriles is 1. The maximum atomic E-state index is 8.58. The molecule has 13 heavy (non-hydrogen) atoms. The fourth-order valence-corrected chi connectivity index (χ4v) is 1.16. The van der Waals surface area contributed by atoms with Crippen molar-refractivity contribution in [2.45, 2.75) is 25.8 Å². The molecule has 68 valence electrons. The molecule has 2 heteroatoms. The summed E-state index contributed by atoms with van der Waals surface area (Å²) in [6.07, 6.45) is 1.88. The van der Waals surface area contributed by atoms with E-state index in [1.807, 2.05) is 24.3 Å². The smallest absolute Gasteiger partial charge is 0.0991 e. The normalized spacial score (nSPS) is 12.1. The van der Waals surface area contributed by atoms with Gasteiger partial charge in [0.1, 0.15) is 0 Å². The number of nitrogens with zero attached hydrogens (tertiary/aromatic N) is 1. The standard InChI is InChI=1S/C11H14N2/c1-2-11(13)7-9-3-5-10(8-12)6-4-9/h3-6,11H,2,7,13H2,1H3/t11-/m1/s1. The highest BCUT2D eigenvalue weighted by Crippen LogP contribution is 2.06. The largest absolute Gasteiger partial charge is 0.327 e. The average molecular weight is 174 g/mol. The highest BCUT2D eigenvalue weighted by molar-refractivity contribution is 5.31. The van der Waals surface area contributed by atoms with Crippen LogP contribution in [0.1, 0.15) is 24.5 Å². The Bertz CT molecular complexity index is 295. The molecule has 0 aromatic heterocycles. The van der Waals surface area contributed by atoms with E-state index < -0.39 is 0 Å². The predicted molar refractivity (Wildman–Crippen MR) is 53.1 cm³/mol. The fourth-order valence-electron chi connectivity index (χ4n) is 1.16. The van der Waals surface area contributed by atoms with Crippen LogP contribution >= 0.6 is 0 Å². The zero-order valence-corrected chi connectivity index (χ0v) is 7.83. The van der Waals surface area contributed by atoms with Crippen LogP contribution in [0.4, 0.5) is 0 Å². The molecule has 0 aliphatic rings. The van der Waals surface area contributed by atoms with Gasteiger partial charge in [-0.15, -0.1) is 0 Å². The van der Waals surface area contributed by atoms with E-state index in [-0.39, 0.29) is 6.04 Å². The Labute approximate surface area is 79.0 Å². The predicted octanol–water partition coefficient (Wildman–Crippen LogP) is 1.84. The van der Waals surface area contributed by atoms with E-state index in [9.17, 15) is 0 Å². The van der Waals surface area contributed by atoms with E-state index in [1.165, 1.54) is 5.56 Å². The number of hydrogen-bond donors (Lipinski definition) is 1. The van der Waals surface area contributed by atoms with Crippen LogP contribution in [0.25, 0.3) is 0 Å². The number of hydrogen-bond acceptors (Lipinski definition) is 2. The summed E-state index contributed by atoms with van der Waals surface area (Å²) in [5, 5.41) is 8.58. The zero-order chi connectivity index (χ0) is 9.68. The molecule has 0 unspecified atom stereocenters. The third kappa shape index (κ3) is 2.89. The van der Waals surface area contributed by atoms with Gasteiger partial charge >= 0.3 is 0 Å². The van der Waals surface area contributed by atoms with E-state index >= 15 is 0 Å². The summed E-state index contributed by atoms with van der Waals surface area (Å²) in [5.74, 6) is 0. The molecule has 1 atom stereocenters. The lowest BCUT2D eigenvalue weighted by molar-refractivity contribution is 0.646. The minimum absolute atomic E-state index is 0.230. The van der Waals surface area contributed by atoms with Gasteiger partial charge in [-0.2, -0.15) is 5.26 Å². The molecule has 0 spiro atoms. The second-order valence-electron chi connectivity index (χ2n) is 3.18. The lowest BCUT2D eigenvalue weighted by Crippen LogP contribution is -2.21. The Morgan fingerprint density at radius 2 is 2.00 bits per heavy atom. The van der Waals surface area contributed by atoms with Crippen LogP contribution in [-0.2, 0) is 6.42 Å². The van der Waals surface area contributed by atoms with Crippen LogP contribution in [0.5, 0.6) is 0 Å². The molecule has 0 radical (unpaired) electrons. The summed E-state index contributed by atoms with van der Waals surface area (Å²) in [4.78, 5) is 0. The van der Waals surface area contributed by atoms with Gasteiger partial charge in [-0.1, -0.05) is 19.1 Å². The van der Waals surface area contributed by atoms with Gasteiger partial charge in [-0.3, -0.25) is 0 Å². The summed E-state index contributed by atoms with van der Waals surface area (Å²) in [6.45, 7) is 2.08. The maximum absolute atomic E-state index is 8.58. The molecule has 0 aliphatic heterocycles. The van der Waals surface area contributed by atoms with Crippen molar-refractivity contribution in [2.75, 3.05) is 0 Å². The molecule has 1 aromatic rings. The van der Waals surface area contributed by atoms with E-state index in [2.05, 4.69) is 13.0 Å². The average Bonchev–Trinajstić information content (AvgIpc) is 2.19. The maximum Gasteiger partial charge on any atom is 0.0991 e. The van der Waals surface area contributed by atoms with Crippen LogP contribution in [-0.4, -0.2) is 6.04 Å². The second-order valence-corrected chi connectivity index (χ2v) is 3.18. The second kappa shape index (κ2) is 4.64. The quantitative estimate of drug-likeness (QED) is 0.760. The van der Waals surface area contributed by atoms with Gasteiger partial charge in [0, 0.05) is 6.04 Å². The Hall–Kier alpha value is -1.33. The number of benzene rings is 1. The van der Waals surface area contributed by atoms with Crippen molar-refractivity contribution in [2.24, 2.45) is 5.73 Å². The topological polar surface area (TPSA) is 49.8 Å². The number of rotatable bonds is 3. The molecule has 0 heterocycles. The molecule has 0 saturated heterocycles. The van der Waals surface area contributed by atoms with Crippen molar-refractivity contribution < 1.29 is 0 Å². The van der Waals surface area contributed by atoms with Crippen molar-refractivity contribution in [3.8, 4) is 6.07 Å². The lowest BCUT2D eigenvalue weighted by atomic mass is 10.0. The SMILES string of the molecule is CC[C@@H](N)Cc1ccc(C#N)cc1. The molecule has 2 N–H and O–H groups in total. The fraction of sp³-hybridized carbons (Fsp3) is 0.364. The number of nitrogens with two attached hydrogens (primary N) is 1. The molecule has 1 rings (SSSR count). The minimum Gasteiger partial charge on any atom is -0.327 e. The highest BCUT2D eigenvalue weighted by Gasteiger charge is 2.00. The van der Waals surface area contributed by atoms with Crippen LogP contribution in [0.2, 0.25) is 0 Å². The summed E-state index contributed by atoms with van der Waals surface area (Å²) >= 11 is 0. The third-order valence-electron chi connectivity index (χ3n) is 2.11. The summed E-state index contributed by atoms with van der Waals surface area (Å²) in [7, 11) is 0.